The van der Waals surface area contributed by atoms with Gasteiger partial charge in [0, 0.05) is 25.2 Å². The highest BCUT2D eigenvalue weighted by Gasteiger charge is 2.47. The minimum Gasteiger partial charge on any atom is -0.461 e. The van der Waals surface area contributed by atoms with E-state index < -0.39 is 0 Å². The average molecular weight is 610 g/mol. The summed E-state index contributed by atoms with van der Waals surface area (Å²) in [5, 5.41) is 10.9. The van der Waals surface area contributed by atoms with Gasteiger partial charge in [-0.1, -0.05) is 36.4 Å². The Morgan fingerprint density at radius 3 is 2.82 bits per heavy atom. The topological polar surface area (TPSA) is 98.5 Å². The van der Waals surface area contributed by atoms with E-state index in [1.165, 1.54) is 36.5 Å². The van der Waals surface area contributed by atoms with Crippen molar-refractivity contribution in [3.8, 4) is 23.3 Å². The number of nitrogens with zero attached hydrogens (tertiary/aromatic N) is 7. The van der Waals surface area contributed by atoms with E-state index in [4.69, 9.17) is 31.3 Å². The first-order valence-electron chi connectivity index (χ1n) is 15.9. The summed E-state index contributed by atoms with van der Waals surface area (Å²) in [4.78, 5) is 34.0. The molecule has 3 saturated heterocycles. The van der Waals surface area contributed by atoms with Crippen molar-refractivity contribution in [3.63, 3.8) is 0 Å². The van der Waals surface area contributed by atoms with Crippen LogP contribution in [0.2, 0.25) is 5.02 Å². The van der Waals surface area contributed by atoms with Gasteiger partial charge in [-0.2, -0.15) is 15.2 Å². The third-order valence-corrected chi connectivity index (χ3v) is 11.0. The minimum absolute atomic E-state index is 0.0526. The van der Waals surface area contributed by atoms with Crippen LogP contribution in [0.15, 0.2) is 36.9 Å². The van der Waals surface area contributed by atoms with Crippen molar-refractivity contribution in [1.82, 2.24) is 24.8 Å². The molecular formula is C34H36ClN7O2. The number of amides is 1. The minimum atomic E-state index is -0.292. The van der Waals surface area contributed by atoms with Gasteiger partial charge in [0.15, 0.2) is 5.65 Å². The predicted octanol–water partition coefficient (Wildman–Crippen LogP) is 5.13. The summed E-state index contributed by atoms with van der Waals surface area (Å²) >= 11 is 7.04. The van der Waals surface area contributed by atoms with Crippen molar-refractivity contribution in [2.75, 3.05) is 44.2 Å². The predicted molar refractivity (Wildman–Crippen MR) is 169 cm³/mol. The first kappa shape index (κ1) is 27.8. The Labute approximate surface area is 262 Å². The van der Waals surface area contributed by atoms with Crippen molar-refractivity contribution >= 4 is 34.4 Å². The maximum absolute atomic E-state index is 12.6. The van der Waals surface area contributed by atoms with Crippen LogP contribution in [0.1, 0.15) is 55.6 Å². The van der Waals surface area contributed by atoms with Crippen LogP contribution in [-0.2, 0) is 11.2 Å². The molecule has 1 saturated carbocycles. The molecule has 10 heteroatoms. The van der Waals surface area contributed by atoms with E-state index in [2.05, 4.69) is 40.6 Å². The Morgan fingerprint density at radius 2 is 2.02 bits per heavy atom. The van der Waals surface area contributed by atoms with Gasteiger partial charge in [0.2, 0.25) is 5.91 Å². The van der Waals surface area contributed by atoms with Crippen LogP contribution in [0.3, 0.4) is 0 Å². The fraction of sp³-hybridized carbons (Fsp3) is 0.500. The third-order valence-electron chi connectivity index (χ3n) is 10.7. The number of halogens is 1. The molecule has 0 radical (unpaired) electrons. The lowest BCUT2D eigenvalue weighted by atomic mass is 9.95. The second kappa shape index (κ2) is 10.7. The molecule has 3 aromatic rings. The second-order valence-corrected chi connectivity index (χ2v) is 13.5. The zero-order chi connectivity index (χ0) is 30.0. The lowest BCUT2D eigenvalue weighted by molar-refractivity contribution is -0.128. The summed E-state index contributed by atoms with van der Waals surface area (Å²) in [5.41, 5.74) is 5.23. The zero-order valence-electron chi connectivity index (χ0n) is 24.8. The molecule has 1 amide bonds. The van der Waals surface area contributed by atoms with Crippen LogP contribution in [0.4, 0.5) is 5.82 Å². The number of carbonyl (C=O) groups is 1. The van der Waals surface area contributed by atoms with Crippen molar-refractivity contribution < 1.29 is 9.53 Å². The maximum atomic E-state index is 12.6. The van der Waals surface area contributed by atoms with Gasteiger partial charge in [0.05, 0.1) is 40.2 Å². The van der Waals surface area contributed by atoms with Crippen LogP contribution in [0.25, 0.3) is 22.3 Å². The number of hydrogen-bond acceptors (Lipinski definition) is 8. The molecule has 0 bridgehead atoms. The lowest BCUT2D eigenvalue weighted by Crippen LogP contribution is -2.55. The van der Waals surface area contributed by atoms with Crippen LogP contribution in [-0.4, -0.2) is 81.6 Å². The van der Waals surface area contributed by atoms with Crippen molar-refractivity contribution in [1.29, 1.82) is 5.26 Å². The van der Waals surface area contributed by atoms with E-state index in [0.717, 1.165) is 54.9 Å². The van der Waals surface area contributed by atoms with E-state index >= 15 is 0 Å². The quantitative estimate of drug-likeness (QED) is 0.340. The molecule has 44 heavy (non-hydrogen) atoms. The van der Waals surface area contributed by atoms with Gasteiger partial charge < -0.3 is 14.5 Å². The number of pyridine rings is 1. The van der Waals surface area contributed by atoms with Crippen LogP contribution >= 0.6 is 11.6 Å². The number of rotatable bonds is 7. The highest BCUT2D eigenvalue weighted by Crippen LogP contribution is 2.59. The fourth-order valence-corrected chi connectivity index (χ4v) is 8.68. The summed E-state index contributed by atoms with van der Waals surface area (Å²) in [5.74, 6) is 1.85. The zero-order valence-corrected chi connectivity index (χ0v) is 25.6. The van der Waals surface area contributed by atoms with Gasteiger partial charge in [-0.05, 0) is 86.7 Å². The smallest absolute Gasteiger partial charge is 0.320 e. The SMILES string of the molecule is C=CC(=O)N1CCN(c2nc(OCC34CCCN3CCC4)nc3nc(-c4cccc5c4C4CC4C5)c(Cl)cc23)C[C@@H]1CC#N. The highest BCUT2D eigenvalue weighted by atomic mass is 35.5. The molecule has 3 atom stereocenters. The Kier molecular flexibility index (Phi) is 6.76. The van der Waals surface area contributed by atoms with Crippen molar-refractivity contribution in [2.24, 2.45) is 5.92 Å². The van der Waals surface area contributed by atoms with Gasteiger partial charge in [0.1, 0.15) is 12.4 Å². The molecule has 2 unspecified atom stereocenters. The largest absolute Gasteiger partial charge is 0.461 e. The van der Waals surface area contributed by atoms with Crippen LogP contribution in [0, 0.1) is 17.2 Å². The number of ether oxygens (including phenoxy) is 1. The molecule has 5 aliphatic rings. The van der Waals surface area contributed by atoms with Crippen LogP contribution < -0.4 is 9.64 Å². The molecule has 5 heterocycles. The van der Waals surface area contributed by atoms with E-state index in [9.17, 15) is 10.1 Å². The fourth-order valence-electron chi connectivity index (χ4n) is 8.43. The monoisotopic (exact) mass is 609 g/mol. The number of anilines is 1. The summed E-state index contributed by atoms with van der Waals surface area (Å²) in [6.45, 7) is 7.89. The summed E-state index contributed by atoms with van der Waals surface area (Å²) < 4.78 is 6.47. The van der Waals surface area contributed by atoms with Gasteiger partial charge in [-0.3, -0.25) is 9.69 Å². The summed E-state index contributed by atoms with van der Waals surface area (Å²) in [6, 6.07) is 10.7. The molecule has 2 aromatic heterocycles. The maximum Gasteiger partial charge on any atom is 0.320 e. The molecule has 3 aliphatic heterocycles. The molecule has 8 rings (SSSR count). The number of nitriles is 1. The number of benzene rings is 1. The van der Waals surface area contributed by atoms with Gasteiger partial charge in [0.25, 0.3) is 0 Å². The highest BCUT2D eigenvalue weighted by molar-refractivity contribution is 6.34. The molecule has 1 aromatic carbocycles. The molecule has 0 N–H and O–H groups in total. The van der Waals surface area contributed by atoms with Crippen LogP contribution in [0.5, 0.6) is 6.01 Å². The Hall–Kier alpha value is -3.74. The standard InChI is InChI=1S/C34H36ClN7O2/c1-2-28(43)42-15-14-40(19-23(42)8-11-36)32-26-18-27(35)30(24-7-3-6-21-16-22-17-25(22)29(21)24)37-31(26)38-33(39-32)44-20-34-9-4-12-41(34)13-5-10-34/h2-3,6-7,18,22-23,25H,1,4-5,8-10,12-17,19-20H2/t22?,23-,25?/m0/s1. The molecule has 9 nitrogen and oxygen atoms in total. The molecule has 226 valence electrons. The van der Waals surface area contributed by atoms with E-state index in [1.807, 2.05) is 6.07 Å². The van der Waals surface area contributed by atoms with E-state index in [-0.39, 0.29) is 23.9 Å². The van der Waals surface area contributed by atoms with Gasteiger partial charge in [-0.15, -0.1) is 0 Å². The first-order chi connectivity index (χ1) is 21.5. The number of hydrogen-bond donors (Lipinski definition) is 0. The molecule has 4 fully saturated rings. The number of piperazine rings is 1. The molecule has 2 aliphatic carbocycles. The van der Waals surface area contributed by atoms with Gasteiger partial charge in [-0.25, -0.2) is 4.98 Å². The molecule has 0 spiro atoms. The number of fused-ring (bicyclic) bond motifs is 5. The molecular weight excluding hydrogens is 574 g/mol. The average Bonchev–Trinajstić information content (AvgIpc) is 3.32. The summed E-state index contributed by atoms with van der Waals surface area (Å²) in [7, 11) is 0. The Balaban J connectivity index is 1.20. The Bertz CT molecular complexity index is 1710. The van der Waals surface area contributed by atoms with E-state index in [0.29, 0.717) is 54.7 Å². The lowest BCUT2D eigenvalue weighted by Gasteiger charge is -2.41. The normalized spacial score (nSPS) is 25.0. The summed E-state index contributed by atoms with van der Waals surface area (Å²) in [6.07, 6.45) is 8.53. The van der Waals surface area contributed by atoms with Crippen molar-refractivity contribution in [3.05, 3.63) is 53.1 Å². The van der Waals surface area contributed by atoms with E-state index in [1.54, 1.807) is 4.90 Å². The Morgan fingerprint density at radius 1 is 1.18 bits per heavy atom. The number of carbonyl (C=O) groups excluding carboxylic acids is 1. The second-order valence-electron chi connectivity index (χ2n) is 13.1. The third kappa shape index (κ3) is 4.53. The first-order valence-corrected chi connectivity index (χ1v) is 16.3. The van der Waals surface area contributed by atoms with Gasteiger partial charge >= 0.3 is 6.01 Å². The van der Waals surface area contributed by atoms with Crippen molar-refractivity contribution in [2.45, 2.75) is 62.4 Å². The number of aromatic nitrogens is 3.